The van der Waals surface area contributed by atoms with E-state index >= 15 is 0 Å². The molecule has 2 aromatic heterocycles. The number of amidine groups is 1. The molecule has 0 saturated heterocycles. The molecule has 0 fully saturated rings. The molecule has 5 N–H and O–H groups in total. The normalized spacial score (nSPS) is 22.8. The monoisotopic (exact) mass is 310 g/mol. The zero-order chi connectivity index (χ0) is 15.8. The number of H-pyrrole nitrogens is 1. The summed E-state index contributed by atoms with van der Waals surface area (Å²) in [6, 6.07) is 4.95. The van der Waals surface area contributed by atoms with Gasteiger partial charge in [0.1, 0.15) is 18.2 Å². The molecule has 22 heavy (non-hydrogen) atoms. The van der Waals surface area contributed by atoms with Gasteiger partial charge in [-0.15, -0.1) is 0 Å². The van der Waals surface area contributed by atoms with Gasteiger partial charge in [-0.1, -0.05) is 0 Å². The zero-order valence-electron chi connectivity index (χ0n) is 11.3. The molecule has 1 aliphatic heterocycles. The lowest BCUT2D eigenvalue weighted by Gasteiger charge is -2.37. The van der Waals surface area contributed by atoms with E-state index in [-0.39, 0.29) is 5.84 Å². The number of anilines is 1. The van der Waals surface area contributed by atoms with Crippen LogP contribution in [0, 0.1) is 0 Å². The molecule has 0 saturated carbocycles. The number of hydrogen-bond acceptors (Lipinski definition) is 4. The van der Waals surface area contributed by atoms with Crippen molar-refractivity contribution in [1.82, 2.24) is 15.3 Å². The van der Waals surface area contributed by atoms with Crippen LogP contribution in [0.2, 0.25) is 0 Å². The fourth-order valence-electron chi connectivity index (χ4n) is 2.21. The summed E-state index contributed by atoms with van der Waals surface area (Å²) in [5.41, 5.74) is 7.36. The first-order valence-electron chi connectivity index (χ1n) is 6.42. The van der Waals surface area contributed by atoms with Gasteiger partial charge < -0.3 is 15.6 Å². The molecule has 3 rings (SSSR count). The second-order valence-corrected chi connectivity index (χ2v) is 4.84. The molecule has 9 heteroatoms. The molecule has 0 aromatic carbocycles. The third-order valence-corrected chi connectivity index (χ3v) is 3.19. The van der Waals surface area contributed by atoms with Crippen molar-refractivity contribution in [2.45, 2.75) is 12.0 Å². The first-order chi connectivity index (χ1) is 10.4. The van der Waals surface area contributed by atoms with Crippen molar-refractivity contribution in [3.63, 3.8) is 0 Å². The molecular weight excluding hydrogens is 297 g/mol. The Kier molecular flexibility index (Phi) is 3.28. The van der Waals surface area contributed by atoms with Gasteiger partial charge in [0, 0.05) is 24.2 Å². The highest BCUT2D eigenvalue weighted by atomic mass is 19.4. The number of pyridine rings is 1. The van der Waals surface area contributed by atoms with E-state index in [1.165, 1.54) is 0 Å². The van der Waals surface area contributed by atoms with Crippen LogP contribution in [0.15, 0.2) is 41.8 Å². The summed E-state index contributed by atoms with van der Waals surface area (Å²) in [6.07, 6.45) is 0.304. The van der Waals surface area contributed by atoms with Gasteiger partial charge in [0.2, 0.25) is 0 Å². The van der Waals surface area contributed by atoms with Gasteiger partial charge in [-0.2, -0.15) is 13.2 Å². The summed E-state index contributed by atoms with van der Waals surface area (Å²) < 4.78 is 37.3. The average molecular weight is 310 g/mol. The lowest BCUT2D eigenvalue weighted by Crippen LogP contribution is -2.61. The Labute approximate surface area is 123 Å². The molecule has 3 heterocycles. The molecule has 1 atom stereocenters. The standard InChI is InChI=1S/C13H13F3N6/c14-12(15,16)7-20-11-9-3-6-19-10(9)21-13(17,22-11)8-1-4-18-5-2-8/h1-6,19,21H,7,17H2,(H,20,22). The quantitative estimate of drug-likeness (QED) is 0.676. The Balaban J connectivity index is 1.99. The van der Waals surface area contributed by atoms with Gasteiger partial charge in [-0.25, -0.2) is 0 Å². The van der Waals surface area contributed by atoms with Crippen LogP contribution in [0.5, 0.6) is 0 Å². The number of fused-ring (bicyclic) bond motifs is 1. The maximum absolute atomic E-state index is 12.4. The minimum atomic E-state index is -4.38. The van der Waals surface area contributed by atoms with Crippen LogP contribution in [-0.4, -0.2) is 28.5 Å². The van der Waals surface area contributed by atoms with E-state index in [0.29, 0.717) is 16.9 Å². The summed E-state index contributed by atoms with van der Waals surface area (Å²) in [5, 5.41) is 5.85. The number of alkyl halides is 3. The number of nitrogens with zero attached hydrogens (tertiary/aromatic N) is 2. The van der Waals surface area contributed by atoms with Crippen LogP contribution in [-0.2, 0) is 5.79 Å². The highest BCUT2D eigenvalue weighted by Gasteiger charge is 2.36. The van der Waals surface area contributed by atoms with Crippen LogP contribution in [0.4, 0.5) is 19.0 Å². The molecule has 1 unspecified atom stereocenters. The second kappa shape index (κ2) is 5.02. The summed E-state index contributed by atoms with van der Waals surface area (Å²) >= 11 is 0. The maximum atomic E-state index is 12.4. The van der Waals surface area contributed by atoms with E-state index in [2.05, 4.69) is 25.6 Å². The minimum Gasteiger partial charge on any atom is -0.348 e. The van der Waals surface area contributed by atoms with Crippen LogP contribution < -0.4 is 16.4 Å². The molecule has 116 valence electrons. The van der Waals surface area contributed by atoms with Crippen LogP contribution >= 0.6 is 0 Å². The van der Waals surface area contributed by atoms with Crippen molar-refractivity contribution in [3.05, 3.63) is 47.9 Å². The SMILES string of the molecule is NC1(c2ccncc2)NC(=NCC(F)(F)F)c2cc[nH]c2N1. The molecule has 0 spiro atoms. The van der Waals surface area contributed by atoms with E-state index in [0.717, 1.165) is 0 Å². The number of aromatic amines is 1. The smallest absolute Gasteiger partial charge is 0.348 e. The van der Waals surface area contributed by atoms with E-state index < -0.39 is 18.5 Å². The highest BCUT2D eigenvalue weighted by molar-refractivity contribution is 6.05. The number of nitrogens with one attached hydrogen (secondary N) is 3. The number of aliphatic imine (C=N–C) groups is 1. The topological polar surface area (TPSA) is 91.1 Å². The van der Waals surface area contributed by atoms with Crippen molar-refractivity contribution >= 4 is 11.7 Å². The first-order valence-corrected chi connectivity index (χ1v) is 6.42. The van der Waals surface area contributed by atoms with Crippen LogP contribution in [0.25, 0.3) is 0 Å². The lowest BCUT2D eigenvalue weighted by molar-refractivity contribution is -0.118. The Bertz CT molecular complexity index is 693. The number of rotatable bonds is 2. The van der Waals surface area contributed by atoms with Gasteiger partial charge in [0.25, 0.3) is 0 Å². The van der Waals surface area contributed by atoms with Crippen molar-refractivity contribution in [2.75, 3.05) is 11.9 Å². The summed E-state index contributed by atoms with van der Waals surface area (Å²) in [4.78, 5) is 10.4. The zero-order valence-corrected chi connectivity index (χ0v) is 11.3. The van der Waals surface area contributed by atoms with Crippen molar-refractivity contribution in [2.24, 2.45) is 10.7 Å². The Morgan fingerprint density at radius 2 is 1.91 bits per heavy atom. The van der Waals surface area contributed by atoms with E-state index in [9.17, 15) is 13.2 Å². The second-order valence-electron chi connectivity index (χ2n) is 4.84. The number of halogens is 3. The molecule has 2 aromatic rings. The summed E-state index contributed by atoms with van der Waals surface area (Å²) in [7, 11) is 0. The van der Waals surface area contributed by atoms with Crippen molar-refractivity contribution < 1.29 is 13.2 Å². The van der Waals surface area contributed by atoms with Crippen molar-refractivity contribution in [1.29, 1.82) is 0 Å². The van der Waals surface area contributed by atoms with E-state index in [4.69, 9.17) is 5.73 Å². The third kappa shape index (κ3) is 2.75. The van der Waals surface area contributed by atoms with Gasteiger partial charge in [-0.05, 0) is 18.2 Å². The molecule has 0 aliphatic carbocycles. The molecule has 6 nitrogen and oxygen atoms in total. The Morgan fingerprint density at radius 3 is 2.59 bits per heavy atom. The fraction of sp³-hybridized carbons (Fsp3) is 0.231. The molecular formula is C13H13F3N6. The van der Waals surface area contributed by atoms with Gasteiger partial charge in [0.15, 0.2) is 5.79 Å². The predicted molar refractivity (Wildman–Crippen MR) is 75.1 cm³/mol. The lowest BCUT2D eigenvalue weighted by atomic mass is 10.1. The van der Waals surface area contributed by atoms with Crippen molar-refractivity contribution in [3.8, 4) is 0 Å². The van der Waals surface area contributed by atoms with Crippen LogP contribution in [0.3, 0.4) is 0 Å². The molecule has 1 aliphatic rings. The van der Waals surface area contributed by atoms with E-state index in [1.807, 2.05) is 0 Å². The Morgan fingerprint density at radius 1 is 1.18 bits per heavy atom. The average Bonchev–Trinajstić information content (AvgIpc) is 2.93. The first kappa shape index (κ1) is 14.4. The molecule has 0 amide bonds. The molecule has 0 bridgehead atoms. The van der Waals surface area contributed by atoms with Gasteiger partial charge in [-0.3, -0.25) is 15.7 Å². The number of aromatic nitrogens is 2. The van der Waals surface area contributed by atoms with E-state index in [1.54, 1.807) is 36.8 Å². The minimum absolute atomic E-state index is 0.0756. The number of hydrogen-bond donors (Lipinski definition) is 4. The maximum Gasteiger partial charge on any atom is 0.408 e. The highest BCUT2D eigenvalue weighted by Crippen LogP contribution is 2.27. The summed E-state index contributed by atoms with van der Waals surface area (Å²) in [6.45, 7) is -1.29. The van der Waals surface area contributed by atoms with Gasteiger partial charge in [0.05, 0.1) is 5.56 Å². The van der Waals surface area contributed by atoms with Crippen LogP contribution in [0.1, 0.15) is 11.1 Å². The van der Waals surface area contributed by atoms with Gasteiger partial charge >= 0.3 is 6.18 Å². The molecule has 0 radical (unpaired) electrons. The third-order valence-electron chi connectivity index (χ3n) is 3.19. The Hall–Kier alpha value is -2.55. The largest absolute Gasteiger partial charge is 0.408 e. The number of nitrogens with two attached hydrogens (primary N) is 1. The fourth-order valence-corrected chi connectivity index (χ4v) is 2.21. The predicted octanol–water partition coefficient (Wildman–Crippen LogP) is 1.50. The summed E-state index contributed by atoms with van der Waals surface area (Å²) in [5.74, 6) is -0.712.